The third-order valence-corrected chi connectivity index (χ3v) is 6.73. The van der Waals surface area contributed by atoms with Crippen LogP contribution in [0.1, 0.15) is 25.3 Å². The molecule has 0 spiro atoms. The van der Waals surface area contributed by atoms with Gasteiger partial charge < -0.3 is 15.2 Å². The number of piperidine rings is 1. The highest BCUT2D eigenvalue weighted by Gasteiger charge is 2.28. The fraction of sp³-hybridized carbons (Fsp3) is 0.360. The van der Waals surface area contributed by atoms with Gasteiger partial charge in [-0.2, -0.15) is 0 Å². The number of carbonyl (C=O) groups is 1. The van der Waals surface area contributed by atoms with Gasteiger partial charge in [-0.1, -0.05) is 35.9 Å². The van der Waals surface area contributed by atoms with Crippen LogP contribution in [-0.2, 0) is 16.2 Å². The zero-order chi connectivity index (χ0) is 24.9. The first-order chi connectivity index (χ1) is 16.9. The molecular weight excluding hydrogens is 486 g/mol. The number of benzene rings is 2. The molecule has 2 heterocycles. The zero-order valence-electron chi connectivity index (χ0n) is 19.7. The highest BCUT2D eigenvalue weighted by atomic mass is 35.5. The van der Waals surface area contributed by atoms with Crippen LogP contribution >= 0.6 is 23.8 Å². The number of aromatic nitrogens is 1. The average Bonchev–Trinajstić information content (AvgIpc) is 3.11. The number of hydrogen-bond donors (Lipinski definition) is 2. The summed E-state index contributed by atoms with van der Waals surface area (Å²) in [7, 11) is 0. The molecule has 0 radical (unpaired) electrons. The van der Waals surface area contributed by atoms with Crippen molar-refractivity contribution in [2.24, 2.45) is 16.1 Å². The van der Waals surface area contributed by atoms with Gasteiger partial charge in [0, 0.05) is 22.6 Å². The van der Waals surface area contributed by atoms with Gasteiger partial charge in [-0.15, -0.1) is 10.2 Å². The standard InChI is InChI=1S/C25H28ClN5O3S/c1-3-34-24(33)17-8-7-13-30(14-17)15-31-21-12-5-4-9-18(21)22(23(31)32)28-29-25(35)27-20-11-6-10-19(26)16(20)2/h4-6,9-12,17,32H,3,7-8,13-15H2,1-2H3,(H,27,35). The molecule has 3 aromatic rings. The first-order valence-electron chi connectivity index (χ1n) is 11.6. The molecule has 0 bridgehead atoms. The molecular formula is C25H28ClN5O3S. The summed E-state index contributed by atoms with van der Waals surface area (Å²) in [5.74, 6) is -0.329. The van der Waals surface area contributed by atoms with Crippen molar-refractivity contribution in [3.05, 3.63) is 53.1 Å². The van der Waals surface area contributed by atoms with Gasteiger partial charge in [0.15, 0.2) is 5.69 Å². The number of para-hydroxylation sites is 1. The molecule has 2 N–H and O–H groups in total. The van der Waals surface area contributed by atoms with Crippen LogP contribution in [0.4, 0.5) is 11.4 Å². The predicted octanol–water partition coefficient (Wildman–Crippen LogP) is 6.02. The number of rotatable bonds is 6. The van der Waals surface area contributed by atoms with E-state index >= 15 is 0 Å². The number of likely N-dealkylation sites (tertiary alicyclic amines) is 1. The molecule has 0 saturated carbocycles. The lowest BCUT2D eigenvalue weighted by atomic mass is 9.98. The van der Waals surface area contributed by atoms with Gasteiger partial charge >= 0.3 is 5.97 Å². The molecule has 0 amide bonds. The van der Waals surface area contributed by atoms with Gasteiger partial charge in [0.1, 0.15) is 0 Å². The van der Waals surface area contributed by atoms with Crippen LogP contribution in [0.15, 0.2) is 52.7 Å². The Kier molecular flexibility index (Phi) is 8.00. The maximum absolute atomic E-state index is 12.2. The van der Waals surface area contributed by atoms with Crippen molar-refractivity contribution in [3.63, 3.8) is 0 Å². The van der Waals surface area contributed by atoms with Crippen molar-refractivity contribution in [1.82, 2.24) is 9.47 Å². The lowest BCUT2D eigenvalue weighted by Crippen LogP contribution is -2.40. The topological polar surface area (TPSA) is 91.5 Å². The molecule has 35 heavy (non-hydrogen) atoms. The largest absolute Gasteiger partial charge is 0.493 e. The number of fused-ring (bicyclic) bond motifs is 1. The quantitative estimate of drug-likeness (QED) is 0.238. The van der Waals surface area contributed by atoms with Gasteiger partial charge in [-0.25, -0.2) is 0 Å². The first kappa shape index (κ1) is 25.1. The van der Waals surface area contributed by atoms with Crippen LogP contribution in [0, 0.1) is 12.8 Å². The number of carbonyl (C=O) groups excluding carboxylic acids is 1. The number of hydrogen-bond acceptors (Lipinski definition) is 6. The summed E-state index contributed by atoms with van der Waals surface area (Å²) in [4.78, 5) is 14.4. The molecule has 10 heteroatoms. The van der Waals surface area contributed by atoms with Crippen molar-refractivity contribution in [1.29, 1.82) is 0 Å². The van der Waals surface area contributed by atoms with Gasteiger partial charge in [-0.05, 0) is 69.2 Å². The lowest BCUT2D eigenvalue weighted by Gasteiger charge is -2.31. The molecule has 2 aromatic carbocycles. The number of ether oxygens (including phenoxy) is 1. The monoisotopic (exact) mass is 513 g/mol. The summed E-state index contributed by atoms with van der Waals surface area (Å²) in [6.07, 6.45) is 1.70. The summed E-state index contributed by atoms with van der Waals surface area (Å²) in [5, 5.41) is 24.1. The minimum absolute atomic E-state index is 0.00468. The van der Waals surface area contributed by atoms with Gasteiger partial charge in [0.05, 0.1) is 24.7 Å². The molecule has 1 aliphatic rings. The minimum atomic E-state index is -0.163. The molecule has 1 aliphatic heterocycles. The summed E-state index contributed by atoms with van der Waals surface area (Å²) in [5.41, 5.74) is 2.76. The second-order valence-electron chi connectivity index (χ2n) is 8.47. The third kappa shape index (κ3) is 5.63. The fourth-order valence-electron chi connectivity index (χ4n) is 4.33. The van der Waals surface area contributed by atoms with Gasteiger partial charge in [0.25, 0.3) is 0 Å². The lowest BCUT2D eigenvalue weighted by molar-refractivity contribution is -0.150. The minimum Gasteiger partial charge on any atom is -0.493 e. The summed E-state index contributed by atoms with van der Waals surface area (Å²) < 4.78 is 7.00. The SMILES string of the molecule is CCOC(=O)C1CCCN(Cn2c(O)c(N=NC(=S)Nc3cccc(Cl)c3C)c3ccccc32)C1. The third-order valence-electron chi connectivity index (χ3n) is 6.13. The first-order valence-corrected chi connectivity index (χ1v) is 12.3. The molecule has 8 nitrogen and oxygen atoms in total. The molecule has 1 saturated heterocycles. The number of thiocarbonyl (C=S) groups is 1. The number of nitrogens with zero attached hydrogens (tertiary/aromatic N) is 4. The maximum atomic E-state index is 12.2. The number of anilines is 1. The molecule has 4 rings (SSSR count). The van der Waals surface area contributed by atoms with E-state index in [1.807, 2.05) is 50.2 Å². The predicted molar refractivity (Wildman–Crippen MR) is 141 cm³/mol. The van der Waals surface area contributed by atoms with E-state index in [4.69, 9.17) is 28.6 Å². The Bertz CT molecular complexity index is 1280. The van der Waals surface area contributed by atoms with Crippen LogP contribution < -0.4 is 5.32 Å². The van der Waals surface area contributed by atoms with Crippen molar-refractivity contribution in [3.8, 4) is 5.88 Å². The van der Waals surface area contributed by atoms with Crippen molar-refractivity contribution in [2.45, 2.75) is 33.4 Å². The van der Waals surface area contributed by atoms with Crippen LogP contribution in [0.2, 0.25) is 5.02 Å². The van der Waals surface area contributed by atoms with E-state index in [9.17, 15) is 9.90 Å². The number of esters is 1. The number of azo groups is 1. The van der Waals surface area contributed by atoms with E-state index in [1.165, 1.54) is 0 Å². The Morgan fingerprint density at radius 3 is 2.89 bits per heavy atom. The summed E-state index contributed by atoms with van der Waals surface area (Å²) in [6, 6.07) is 13.1. The van der Waals surface area contributed by atoms with Crippen LogP contribution in [0.5, 0.6) is 5.88 Å². The van der Waals surface area contributed by atoms with Crippen LogP contribution in [0.25, 0.3) is 10.9 Å². The molecule has 1 aromatic heterocycles. The second-order valence-corrected chi connectivity index (χ2v) is 9.26. The average molecular weight is 514 g/mol. The Hall–Kier alpha value is -3.01. The molecule has 0 aliphatic carbocycles. The number of halogens is 1. The van der Waals surface area contributed by atoms with Gasteiger partial charge in [0.2, 0.25) is 11.0 Å². The Morgan fingerprint density at radius 1 is 1.29 bits per heavy atom. The maximum Gasteiger partial charge on any atom is 0.310 e. The highest BCUT2D eigenvalue weighted by molar-refractivity contribution is 7.80. The molecule has 1 fully saturated rings. The van der Waals surface area contributed by atoms with Crippen molar-refractivity contribution >= 4 is 57.2 Å². The summed E-state index contributed by atoms with van der Waals surface area (Å²) >= 11 is 11.5. The highest BCUT2D eigenvalue weighted by Crippen LogP contribution is 2.39. The van der Waals surface area contributed by atoms with Crippen molar-refractivity contribution < 1.29 is 14.6 Å². The fourth-order valence-corrected chi connectivity index (χ4v) is 4.65. The normalized spacial score (nSPS) is 16.6. The Balaban J connectivity index is 1.55. The van der Waals surface area contributed by atoms with E-state index < -0.39 is 0 Å². The smallest absolute Gasteiger partial charge is 0.310 e. The van der Waals surface area contributed by atoms with Crippen LogP contribution in [0.3, 0.4) is 0 Å². The van der Waals surface area contributed by atoms with E-state index in [2.05, 4.69) is 20.4 Å². The zero-order valence-corrected chi connectivity index (χ0v) is 21.3. The second kappa shape index (κ2) is 11.2. The molecule has 184 valence electrons. The number of nitrogens with one attached hydrogen (secondary N) is 1. The van der Waals surface area contributed by atoms with Gasteiger partial charge in [-0.3, -0.25) is 14.3 Å². The van der Waals surface area contributed by atoms with E-state index in [0.29, 0.717) is 30.5 Å². The van der Waals surface area contributed by atoms with E-state index in [-0.39, 0.29) is 22.9 Å². The van der Waals surface area contributed by atoms with Crippen LogP contribution in [-0.4, -0.2) is 45.4 Å². The molecule has 1 atom stereocenters. The molecule has 1 unspecified atom stereocenters. The Morgan fingerprint density at radius 2 is 2.09 bits per heavy atom. The van der Waals surface area contributed by atoms with Crippen molar-refractivity contribution in [2.75, 3.05) is 25.0 Å². The Labute approximate surface area is 214 Å². The summed E-state index contributed by atoms with van der Waals surface area (Å²) in [6.45, 7) is 5.90. The van der Waals surface area contributed by atoms with E-state index in [1.54, 1.807) is 10.6 Å². The number of aromatic hydroxyl groups is 1. The van der Waals surface area contributed by atoms with E-state index in [0.717, 1.165) is 41.5 Å².